The number of piperazine rings is 1. The van der Waals surface area contributed by atoms with Crippen LogP contribution in [-0.2, 0) is 16.1 Å². The highest BCUT2D eigenvalue weighted by Crippen LogP contribution is 2.22. The molecule has 0 unspecified atom stereocenters. The average Bonchev–Trinajstić information content (AvgIpc) is 3.26. The van der Waals surface area contributed by atoms with Gasteiger partial charge in [0.2, 0.25) is 11.8 Å². The zero-order valence-corrected chi connectivity index (χ0v) is 19.7. The summed E-state index contributed by atoms with van der Waals surface area (Å²) in [6.07, 6.45) is 1.61. The number of carbonyl (C=O) groups excluding carboxylic acids is 2. The van der Waals surface area contributed by atoms with Gasteiger partial charge in [-0.1, -0.05) is 47.7 Å². The number of benzene rings is 2. The molecule has 0 spiro atoms. The largest absolute Gasteiger partial charge is 0.339 e. The average molecular weight is 465 g/mol. The monoisotopic (exact) mass is 464 g/mol. The second kappa shape index (κ2) is 10.6. The summed E-state index contributed by atoms with van der Waals surface area (Å²) in [5.41, 5.74) is 4.11. The molecule has 8 nitrogen and oxygen atoms in total. The van der Waals surface area contributed by atoms with Crippen LogP contribution < -0.4 is 5.32 Å². The van der Waals surface area contributed by atoms with Crippen LogP contribution >= 0.6 is 11.8 Å². The summed E-state index contributed by atoms with van der Waals surface area (Å²) >= 11 is 1.37. The van der Waals surface area contributed by atoms with E-state index in [1.807, 2.05) is 33.7 Å². The molecule has 1 aliphatic heterocycles. The van der Waals surface area contributed by atoms with Crippen LogP contribution in [0.2, 0.25) is 0 Å². The number of anilines is 1. The highest BCUT2D eigenvalue weighted by Gasteiger charge is 2.22. The van der Waals surface area contributed by atoms with Gasteiger partial charge in [0.15, 0.2) is 5.16 Å². The molecule has 2 aromatic carbocycles. The van der Waals surface area contributed by atoms with Gasteiger partial charge in [-0.25, -0.2) is 0 Å². The van der Waals surface area contributed by atoms with Crippen LogP contribution in [0.5, 0.6) is 0 Å². The van der Waals surface area contributed by atoms with Crippen LogP contribution in [0.1, 0.15) is 18.1 Å². The second-order valence-corrected chi connectivity index (χ2v) is 9.09. The quantitative estimate of drug-likeness (QED) is 0.542. The Labute approximate surface area is 198 Å². The number of amides is 2. The fourth-order valence-corrected chi connectivity index (χ4v) is 4.71. The van der Waals surface area contributed by atoms with Crippen molar-refractivity contribution in [3.05, 3.63) is 66.0 Å². The van der Waals surface area contributed by atoms with Crippen LogP contribution in [0, 0.1) is 6.92 Å². The summed E-state index contributed by atoms with van der Waals surface area (Å²) in [7, 11) is 0. The number of hydrogen-bond acceptors (Lipinski definition) is 6. The minimum Gasteiger partial charge on any atom is -0.339 e. The first-order valence-electron chi connectivity index (χ1n) is 10.9. The molecule has 1 N–H and O–H groups in total. The molecule has 1 saturated heterocycles. The maximum Gasteiger partial charge on any atom is 0.233 e. The van der Waals surface area contributed by atoms with Crippen LogP contribution in [0.15, 0.2) is 60.0 Å². The predicted octanol–water partition coefficient (Wildman–Crippen LogP) is 2.97. The molecular formula is C24H28N6O2S. The lowest BCUT2D eigenvalue weighted by Crippen LogP contribution is -2.48. The number of aryl methyl sites for hydroxylation is 1. The standard InChI is InChI=1S/C24H28N6O2S/c1-18-5-3-6-20(13-18)15-28-9-11-29(12-10-28)23(32)16-33-24-27-25-17-30(24)22-8-4-7-21(14-22)26-19(2)31/h3-8,13-14,17H,9-12,15-16H2,1-2H3,(H,26,31). The van der Waals surface area contributed by atoms with Crippen LogP contribution in [0.3, 0.4) is 0 Å². The summed E-state index contributed by atoms with van der Waals surface area (Å²) in [6, 6.07) is 16.0. The van der Waals surface area contributed by atoms with Crippen LogP contribution in [0.4, 0.5) is 5.69 Å². The lowest BCUT2D eigenvalue weighted by molar-refractivity contribution is -0.130. The van der Waals surface area contributed by atoms with Gasteiger partial charge in [-0.05, 0) is 30.7 Å². The van der Waals surface area contributed by atoms with Gasteiger partial charge in [-0.2, -0.15) is 0 Å². The van der Waals surface area contributed by atoms with Crippen LogP contribution in [-0.4, -0.2) is 68.3 Å². The van der Waals surface area contributed by atoms with Crippen molar-refractivity contribution < 1.29 is 9.59 Å². The number of aromatic nitrogens is 3. The number of nitrogens with one attached hydrogen (secondary N) is 1. The van der Waals surface area contributed by atoms with E-state index in [1.165, 1.54) is 29.8 Å². The SMILES string of the molecule is CC(=O)Nc1cccc(-n2cnnc2SCC(=O)N2CCN(Cc3cccc(C)c3)CC2)c1. The Morgan fingerprint density at radius 3 is 2.61 bits per heavy atom. The van der Waals surface area contributed by atoms with Crippen molar-refractivity contribution in [2.24, 2.45) is 0 Å². The van der Waals surface area contributed by atoms with E-state index in [-0.39, 0.29) is 11.8 Å². The smallest absolute Gasteiger partial charge is 0.233 e. The lowest BCUT2D eigenvalue weighted by atomic mass is 10.1. The van der Waals surface area contributed by atoms with Crippen molar-refractivity contribution in [1.29, 1.82) is 0 Å². The van der Waals surface area contributed by atoms with E-state index < -0.39 is 0 Å². The van der Waals surface area contributed by atoms with Crippen LogP contribution in [0.25, 0.3) is 5.69 Å². The summed E-state index contributed by atoms with van der Waals surface area (Å²) in [4.78, 5) is 28.5. The molecule has 0 aliphatic carbocycles. The Kier molecular flexibility index (Phi) is 7.41. The minimum absolute atomic E-state index is 0.108. The van der Waals surface area contributed by atoms with Crippen molar-refractivity contribution in [3.8, 4) is 5.69 Å². The lowest BCUT2D eigenvalue weighted by Gasteiger charge is -2.34. The zero-order valence-electron chi connectivity index (χ0n) is 18.9. The molecule has 4 rings (SSSR count). The third-order valence-corrected chi connectivity index (χ3v) is 6.43. The van der Waals surface area contributed by atoms with Gasteiger partial charge in [0.25, 0.3) is 0 Å². The van der Waals surface area contributed by atoms with Crippen molar-refractivity contribution in [2.75, 3.05) is 37.2 Å². The maximum atomic E-state index is 12.8. The topological polar surface area (TPSA) is 83.4 Å². The number of carbonyl (C=O) groups is 2. The molecule has 1 aliphatic rings. The minimum atomic E-state index is -0.130. The van der Waals surface area contributed by atoms with E-state index in [4.69, 9.17) is 0 Å². The van der Waals surface area contributed by atoms with Gasteiger partial charge in [0, 0.05) is 45.3 Å². The van der Waals surface area contributed by atoms with Crippen molar-refractivity contribution in [2.45, 2.75) is 25.5 Å². The van der Waals surface area contributed by atoms with E-state index in [0.29, 0.717) is 16.6 Å². The molecule has 3 aromatic rings. The number of thioether (sulfide) groups is 1. The number of hydrogen-bond donors (Lipinski definition) is 1. The fourth-order valence-electron chi connectivity index (χ4n) is 3.88. The number of nitrogens with zero attached hydrogens (tertiary/aromatic N) is 5. The summed E-state index contributed by atoms with van der Waals surface area (Å²) < 4.78 is 1.82. The Bertz CT molecular complexity index is 1120. The first-order valence-corrected chi connectivity index (χ1v) is 11.9. The summed E-state index contributed by atoms with van der Waals surface area (Å²) in [5, 5.41) is 11.6. The van der Waals surface area contributed by atoms with Crippen molar-refractivity contribution >= 4 is 29.3 Å². The van der Waals surface area contributed by atoms with E-state index in [2.05, 4.69) is 51.6 Å². The van der Waals surface area contributed by atoms with Gasteiger partial charge in [0.05, 0.1) is 11.4 Å². The van der Waals surface area contributed by atoms with Gasteiger partial charge < -0.3 is 10.2 Å². The van der Waals surface area contributed by atoms with E-state index >= 15 is 0 Å². The van der Waals surface area contributed by atoms with E-state index in [9.17, 15) is 9.59 Å². The van der Waals surface area contributed by atoms with Gasteiger partial charge in [0.1, 0.15) is 6.33 Å². The van der Waals surface area contributed by atoms with E-state index in [1.54, 1.807) is 6.33 Å². The maximum absolute atomic E-state index is 12.8. The first-order chi connectivity index (χ1) is 16.0. The fraction of sp³-hybridized carbons (Fsp3) is 0.333. The third-order valence-electron chi connectivity index (χ3n) is 5.50. The molecule has 1 aromatic heterocycles. The molecular weight excluding hydrogens is 436 g/mol. The van der Waals surface area contributed by atoms with Crippen molar-refractivity contribution in [1.82, 2.24) is 24.6 Å². The number of rotatable bonds is 7. The van der Waals surface area contributed by atoms with Gasteiger partial charge in [-0.15, -0.1) is 10.2 Å². The molecule has 0 radical (unpaired) electrons. The molecule has 0 bridgehead atoms. The molecule has 2 amide bonds. The summed E-state index contributed by atoms with van der Waals surface area (Å²) in [5.74, 6) is 0.286. The second-order valence-electron chi connectivity index (χ2n) is 8.15. The highest BCUT2D eigenvalue weighted by atomic mass is 32.2. The molecule has 33 heavy (non-hydrogen) atoms. The Balaban J connectivity index is 1.30. The van der Waals surface area contributed by atoms with Gasteiger partial charge in [-0.3, -0.25) is 19.1 Å². The Morgan fingerprint density at radius 1 is 1.06 bits per heavy atom. The first kappa shape index (κ1) is 23.0. The van der Waals surface area contributed by atoms with E-state index in [0.717, 1.165) is 38.4 Å². The molecule has 1 fully saturated rings. The molecule has 2 heterocycles. The third kappa shape index (κ3) is 6.21. The Morgan fingerprint density at radius 2 is 1.85 bits per heavy atom. The molecule has 172 valence electrons. The predicted molar refractivity (Wildman–Crippen MR) is 129 cm³/mol. The Hall–Kier alpha value is -3.17. The molecule has 0 atom stereocenters. The highest BCUT2D eigenvalue weighted by molar-refractivity contribution is 7.99. The van der Waals surface area contributed by atoms with Crippen molar-refractivity contribution in [3.63, 3.8) is 0 Å². The molecule has 9 heteroatoms. The van der Waals surface area contributed by atoms with Gasteiger partial charge >= 0.3 is 0 Å². The zero-order chi connectivity index (χ0) is 23.2. The normalized spacial score (nSPS) is 14.3. The molecule has 0 saturated carbocycles. The summed E-state index contributed by atoms with van der Waals surface area (Å²) in [6.45, 7) is 7.71.